The number of thioether (sulfide) groups is 1. The molecule has 1 unspecified atom stereocenters. The molecule has 0 bridgehead atoms. The van der Waals surface area contributed by atoms with Crippen LogP contribution in [0.1, 0.15) is 6.42 Å². The second kappa shape index (κ2) is 2.23. The van der Waals surface area contributed by atoms with Crippen molar-refractivity contribution in [2.75, 3.05) is 18.1 Å². The fourth-order valence-corrected chi connectivity index (χ4v) is 2.03. The van der Waals surface area contributed by atoms with Gasteiger partial charge in [0, 0.05) is 12.3 Å². The van der Waals surface area contributed by atoms with E-state index < -0.39 is 5.67 Å². The maximum absolute atomic E-state index is 12.9. The van der Waals surface area contributed by atoms with Crippen molar-refractivity contribution in [1.82, 2.24) is 0 Å². The molecule has 1 aliphatic heterocycles. The summed E-state index contributed by atoms with van der Waals surface area (Å²) >= 11 is 1.65. The zero-order valence-corrected chi connectivity index (χ0v) is 5.51. The lowest BCUT2D eigenvalue weighted by atomic mass is 10.1. The van der Waals surface area contributed by atoms with E-state index in [4.69, 9.17) is 5.73 Å². The van der Waals surface area contributed by atoms with E-state index in [9.17, 15) is 4.39 Å². The van der Waals surface area contributed by atoms with Crippen LogP contribution < -0.4 is 5.73 Å². The summed E-state index contributed by atoms with van der Waals surface area (Å²) in [5, 5.41) is 0. The Hall–Kier alpha value is 0.240. The standard InChI is InChI=1S/C5H10FNS/c6-5(3-7)1-2-8-4-5/h1-4,7H2. The maximum atomic E-state index is 12.9. The average molecular weight is 135 g/mol. The normalized spacial score (nSPS) is 38.2. The molecule has 0 aromatic carbocycles. The maximum Gasteiger partial charge on any atom is 0.132 e. The molecule has 1 aliphatic rings. The Morgan fingerprint density at radius 2 is 2.50 bits per heavy atom. The van der Waals surface area contributed by atoms with Crippen molar-refractivity contribution in [1.29, 1.82) is 0 Å². The van der Waals surface area contributed by atoms with Crippen molar-refractivity contribution in [3.05, 3.63) is 0 Å². The summed E-state index contributed by atoms with van der Waals surface area (Å²) in [6, 6.07) is 0. The van der Waals surface area contributed by atoms with Gasteiger partial charge in [-0.1, -0.05) is 0 Å². The van der Waals surface area contributed by atoms with Crippen LogP contribution in [0.4, 0.5) is 4.39 Å². The molecule has 1 rings (SSSR count). The molecule has 0 saturated carbocycles. The van der Waals surface area contributed by atoms with E-state index in [2.05, 4.69) is 0 Å². The molecular formula is C5H10FNS. The van der Waals surface area contributed by atoms with Crippen molar-refractivity contribution in [3.63, 3.8) is 0 Å². The van der Waals surface area contributed by atoms with Crippen LogP contribution in [0.15, 0.2) is 0 Å². The second-order valence-electron chi connectivity index (χ2n) is 2.16. The molecule has 0 aliphatic carbocycles. The quantitative estimate of drug-likeness (QED) is 0.575. The third-order valence-corrected chi connectivity index (χ3v) is 2.64. The van der Waals surface area contributed by atoms with E-state index in [0.29, 0.717) is 12.2 Å². The SMILES string of the molecule is NCC1(F)CCSC1. The van der Waals surface area contributed by atoms with Crippen molar-refractivity contribution in [2.24, 2.45) is 5.73 Å². The minimum absolute atomic E-state index is 0.194. The van der Waals surface area contributed by atoms with Gasteiger partial charge in [0.1, 0.15) is 5.67 Å². The highest BCUT2D eigenvalue weighted by atomic mass is 32.2. The number of alkyl halides is 1. The highest BCUT2D eigenvalue weighted by Gasteiger charge is 2.32. The monoisotopic (exact) mass is 135 g/mol. The Morgan fingerprint density at radius 3 is 2.75 bits per heavy atom. The molecule has 1 saturated heterocycles. The Bertz CT molecular complexity index is 80.5. The van der Waals surface area contributed by atoms with Crippen molar-refractivity contribution < 1.29 is 4.39 Å². The molecule has 2 N–H and O–H groups in total. The molecule has 0 spiro atoms. The summed E-state index contributed by atoms with van der Waals surface area (Å²) in [4.78, 5) is 0. The van der Waals surface area contributed by atoms with Crippen LogP contribution in [0.2, 0.25) is 0 Å². The lowest BCUT2D eigenvalue weighted by Gasteiger charge is -2.13. The molecule has 1 heterocycles. The zero-order valence-electron chi connectivity index (χ0n) is 4.69. The van der Waals surface area contributed by atoms with E-state index >= 15 is 0 Å². The third kappa shape index (κ3) is 1.14. The molecule has 1 atom stereocenters. The van der Waals surface area contributed by atoms with Crippen LogP contribution in [0.3, 0.4) is 0 Å². The van der Waals surface area contributed by atoms with Gasteiger partial charge < -0.3 is 5.73 Å². The Balaban J connectivity index is 2.40. The summed E-state index contributed by atoms with van der Waals surface area (Å²) in [6.07, 6.45) is 0.647. The molecule has 1 fully saturated rings. The number of nitrogens with two attached hydrogens (primary N) is 1. The van der Waals surface area contributed by atoms with Crippen LogP contribution in [-0.4, -0.2) is 23.7 Å². The first-order valence-electron chi connectivity index (χ1n) is 2.74. The molecule has 0 radical (unpaired) electrons. The molecule has 0 aromatic rings. The van der Waals surface area contributed by atoms with Gasteiger partial charge in [-0.05, 0) is 12.2 Å². The largest absolute Gasteiger partial charge is 0.327 e. The van der Waals surface area contributed by atoms with Gasteiger partial charge in [0.2, 0.25) is 0 Å². The second-order valence-corrected chi connectivity index (χ2v) is 3.26. The van der Waals surface area contributed by atoms with Crippen LogP contribution in [0, 0.1) is 0 Å². The van der Waals surface area contributed by atoms with E-state index in [-0.39, 0.29) is 6.54 Å². The molecule has 3 heteroatoms. The zero-order chi connectivity index (χ0) is 6.04. The topological polar surface area (TPSA) is 26.0 Å². The first-order valence-corrected chi connectivity index (χ1v) is 3.89. The van der Waals surface area contributed by atoms with E-state index in [1.165, 1.54) is 0 Å². The number of rotatable bonds is 1. The average Bonchev–Trinajstić information content (AvgIpc) is 2.17. The van der Waals surface area contributed by atoms with E-state index in [1.54, 1.807) is 11.8 Å². The highest BCUT2D eigenvalue weighted by molar-refractivity contribution is 7.99. The van der Waals surface area contributed by atoms with Gasteiger partial charge in [-0.2, -0.15) is 11.8 Å². The highest BCUT2D eigenvalue weighted by Crippen LogP contribution is 2.29. The fraction of sp³-hybridized carbons (Fsp3) is 1.00. The Morgan fingerprint density at radius 1 is 1.75 bits per heavy atom. The minimum Gasteiger partial charge on any atom is -0.327 e. The molecule has 1 nitrogen and oxygen atoms in total. The first-order chi connectivity index (χ1) is 3.77. The first kappa shape index (κ1) is 6.36. The van der Waals surface area contributed by atoms with Crippen molar-refractivity contribution in [2.45, 2.75) is 12.1 Å². The predicted octanol–water partition coefficient (Wildman–Crippen LogP) is 0.790. The summed E-state index contributed by atoms with van der Waals surface area (Å²) in [6.45, 7) is 0.194. The van der Waals surface area contributed by atoms with Gasteiger partial charge in [0.05, 0.1) is 0 Å². The van der Waals surface area contributed by atoms with Crippen molar-refractivity contribution >= 4 is 11.8 Å². The molecule has 0 amide bonds. The lowest BCUT2D eigenvalue weighted by molar-refractivity contribution is 0.210. The van der Waals surface area contributed by atoms with Gasteiger partial charge in [0.25, 0.3) is 0 Å². The number of halogens is 1. The molecular weight excluding hydrogens is 125 g/mol. The Kier molecular flexibility index (Phi) is 1.77. The summed E-state index contributed by atoms with van der Waals surface area (Å²) < 4.78 is 12.9. The summed E-state index contributed by atoms with van der Waals surface area (Å²) in [5.41, 5.74) is 4.16. The predicted molar refractivity (Wildman–Crippen MR) is 34.8 cm³/mol. The van der Waals surface area contributed by atoms with Gasteiger partial charge in [-0.3, -0.25) is 0 Å². The summed E-state index contributed by atoms with van der Waals surface area (Å²) in [5.74, 6) is 1.54. The van der Waals surface area contributed by atoms with E-state index in [1.807, 2.05) is 0 Å². The third-order valence-electron chi connectivity index (χ3n) is 1.42. The molecule has 8 heavy (non-hydrogen) atoms. The smallest absolute Gasteiger partial charge is 0.132 e. The van der Waals surface area contributed by atoms with Gasteiger partial charge in [0.15, 0.2) is 0 Å². The fourth-order valence-electron chi connectivity index (χ4n) is 0.743. The van der Waals surface area contributed by atoms with Crippen LogP contribution in [0.5, 0.6) is 0 Å². The Labute approximate surface area is 52.8 Å². The van der Waals surface area contributed by atoms with Crippen LogP contribution >= 0.6 is 11.8 Å². The molecule has 48 valence electrons. The lowest BCUT2D eigenvalue weighted by Crippen LogP contribution is -2.32. The van der Waals surface area contributed by atoms with Gasteiger partial charge in [-0.25, -0.2) is 4.39 Å². The minimum atomic E-state index is -1.02. The van der Waals surface area contributed by atoms with E-state index in [0.717, 1.165) is 5.75 Å². The van der Waals surface area contributed by atoms with Gasteiger partial charge >= 0.3 is 0 Å². The van der Waals surface area contributed by atoms with Gasteiger partial charge in [-0.15, -0.1) is 0 Å². The van der Waals surface area contributed by atoms with Crippen molar-refractivity contribution in [3.8, 4) is 0 Å². The number of hydrogen-bond donors (Lipinski definition) is 1. The van der Waals surface area contributed by atoms with Crippen LogP contribution in [0.25, 0.3) is 0 Å². The number of hydrogen-bond acceptors (Lipinski definition) is 2. The summed E-state index contributed by atoms with van der Waals surface area (Å²) in [7, 11) is 0. The molecule has 0 aromatic heterocycles. The van der Waals surface area contributed by atoms with Crippen LogP contribution in [-0.2, 0) is 0 Å².